The van der Waals surface area contributed by atoms with Crippen molar-refractivity contribution in [2.45, 2.75) is 26.5 Å². The second kappa shape index (κ2) is 9.63. The Bertz CT molecular complexity index is 1240. The molecule has 0 saturated carbocycles. The minimum Gasteiger partial charge on any atom is -0.318 e. The fraction of sp³-hybridized carbons (Fsp3) is 0.346. The van der Waals surface area contributed by atoms with Gasteiger partial charge in [0.05, 0.1) is 12.3 Å². The number of para-hydroxylation sites is 1. The number of benzene rings is 2. The van der Waals surface area contributed by atoms with Gasteiger partial charge in [-0.2, -0.15) is 4.31 Å². The Morgan fingerprint density at radius 3 is 2.24 bits per heavy atom. The SMILES string of the molecule is Cc1cccc(CS(=O)(=O)N2CCN(CC(=O)c3cc(C)n(-c4ccccc4)c3C)CC2)c1. The summed E-state index contributed by atoms with van der Waals surface area (Å²) in [6.45, 7) is 8.16. The second-order valence-electron chi connectivity index (χ2n) is 8.80. The lowest BCUT2D eigenvalue weighted by Gasteiger charge is -2.33. The number of ketones is 1. The van der Waals surface area contributed by atoms with E-state index < -0.39 is 10.0 Å². The molecule has 6 nitrogen and oxygen atoms in total. The maximum Gasteiger partial charge on any atom is 0.218 e. The van der Waals surface area contributed by atoms with Gasteiger partial charge in [0, 0.05) is 48.8 Å². The summed E-state index contributed by atoms with van der Waals surface area (Å²) in [5.74, 6) is 0.0837. The van der Waals surface area contributed by atoms with Crippen LogP contribution in [0.5, 0.6) is 0 Å². The molecule has 0 spiro atoms. The van der Waals surface area contributed by atoms with E-state index >= 15 is 0 Å². The summed E-state index contributed by atoms with van der Waals surface area (Å²) in [4.78, 5) is 15.1. The summed E-state index contributed by atoms with van der Waals surface area (Å²) in [7, 11) is -3.38. The molecule has 1 aliphatic rings. The first-order valence-electron chi connectivity index (χ1n) is 11.3. The van der Waals surface area contributed by atoms with Gasteiger partial charge in [0.15, 0.2) is 5.78 Å². The van der Waals surface area contributed by atoms with Crippen molar-refractivity contribution in [1.29, 1.82) is 0 Å². The summed E-state index contributed by atoms with van der Waals surface area (Å²) >= 11 is 0. The van der Waals surface area contributed by atoms with E-state index in [2.05, 4.69) is 9.47 Å². The Hall–Kier alpha value is -2.74. The number of carbonyl (C=O) groups is 1. The Morgan fingerprint density at radius 1 is 0.879 bits per heavy atom. The number of hydrogen-bond donors (Lipinski definition) is 0. The summed E-state index contributed by atoms with van der Waals surface area (Å²) in [5, 5.41) is 0. The van der Waals surface area contributed by atoms with Crippen LogP contribution in [0.15, 0.2) is 60.7 Å². The molecule has 1 saturated heterocycles. The predicted octanol–water partition coefficient (Wildman–Crippen LogP) is 3.73. The molecule has 1 aliphatic heterocycles. The van der Waals surface area contributed by atoms with Gasteiger partial charge in [-0.1, -0.05) is 48.0 Å². The van der Waals surface area contributed by atoms with Crippen molar-refractivity contribution in [2.75, 3.05) is 32.7 Å². The van der Waals surface area contributed by atoms with Crippen LogP contribution in [0, 0.1) is 20.8 Å². The van der Waals surface area contributed by atoms with Crippen molar-refractivity contribution in [3.8, 4) is 5.69 Å². The molecule has 2 heterocycles. The van der Waals surface area contributed by atoms with Gasteiger partial charge >= 0.3 is 0 Å². The smallest absolute Gasteiger partial charge is 0.218 e. The van der Waals surface area contributed by atoms with Gasteiger partial charge in [0.25, 0.3) is 0 Å². The first-order valence-corrected chi connectivity index (χ1v) is 12.9. The highest BCUT2D eigenvalue weighted by Crippen LogP contribution is 2.22. The standard InChI is InChI=1S/C26H31N3O3S/c1-20-8-7-9-23(16-20)19-33(31,32)28-14-12-27(13-15-28)18-26(30)25-17-21(2)29(22(25)3)24-10-5-4-6-11-24/h4-11,16-17H,12-15,18-19H2,1-3H3. The lowest BCUT2D eigenvalue weighted by Crippen LogP contribution is -2.50. The third-order valence-corrected chi connectivity index (χ3v) is 8.12. The first kappa shape index (κ1) is 23.4. The van der Waals surface area contributed by atoms with E-state index in [1.807, 2.05) is 81.4 Å². The van der Waals surface area contributed by atoms with Crippen LogP contribution < -0.4 is 0 Å². The molecule has 1 aromatic heterocycles. The van der Waals surface area contributed by atoms with Gasteiger partial charge in [0.1, 0.15) is 0 Å². The van der Waals surface area contributed by atoms with Crippen molar-refractivity contribution in [3.63, 3.8) is 0 Å². The number of aromatic nitrogens is 1. The van der Waals surface area contributed by atoms with Gasteiger partial charge < -0.3 is 4.57 Å². The number of hydrogen-bond acceptors (Lipinski definition) is 4. The van der Waals surface area contributed by atoms with Crippen LogP contribution in [0.25, 0.3) is 5.69 Å². The fourth-order valence-electron chi connectivity index (χ4n) is 4.58. The van der Waals surface area contributed by atoms with E-state index in [1.165, 1.54) is 0 Å². The third-order valence-electron chi connectivity index (χ3n) is 6.27. The molecular formula is C26H31N3O3S. The molecule has 174 valence electrons. The quantitative estimate of drug-likeness (QED) is 0.499. The Labute approximate surface area is 196 Å². The van der Waals surface area contributed by atoms with Gasteiger partial charge in [-0.15, -0.1) is 0 Å². The molecule has 0 amide bonds. The maximum absolute atomic E-state index is 13.1. The minimum absolute atomic E-state index is 0.0130. The number of piperazine rings is 1. The molecule has 1 fully saturated rings. The average Bonchev–Trinajstić information content (AvgIpc) is 3.08. The Kier molecular flexibility index (Phi) is 6.83. The molecule has 0 N–H and O–H groups in total. The molecule has 2 aromatic carbocycles. The predicted molar refractivity (Wildman–Crippen MR) is 131 cm³/mol. The number of Topliss-reactive ketones (excluding diaryl/α,β-unsaturated/α-hetero) is 1. The van der Waals surface area contributed by atoms with Gasteiger partial charge in [0.2, 0.25) is 10.0 Å². The van der Waals surface area contributed by atoms with Crippen molar-refractivity contribution in [2.24, 2.45) is 0 Å². The summed E-state index contributed by atoms with van der Waals surface area (Å²) in [6.07, 6.45) is 0. The Balaban J connectivity index is 1.38. The molecule has 4 rings (SSSR count). The molecule has 33 heavy (non-hydrogen) atoms. The van der Waals surface area contributed by atoms with Gasteiger partial charge in [-0.25, -0.2) is 8.42 Å². The lowest BCUT2D eigenvalue weighted by molar-refractivity contribution is 0.0901. The van der Waals surface area contributed by atoms with Crippen molar-refractivity contribution < 1.29 is 13.2 Å². The molecule has 0 unspecified atom stereocenters. The summed E-state index contributed by atoms with van der Waals surface area (Å²) < 4.78 is 29.4. The zero-order valence-corrected chi connectivity index (χ0v) is 20.3. The number of sulfonamides is 1. The minimum atomic E-state index is -3.38. The van der Waals surface area contributed by atoms with Crippen LogP contribution in [0.2, 0.25) is 0 Å². The van der Waals surface area contributed by atoms with E-state index in [4.69, 9.17) is 0 Å². The topological polar surface area (TPSA) is 62.6 Å². The highest BCUT2D eigenvalue weighted by atomic mass is 32.2. The normalized spacial score (nSPS) is 15.6. The molecule has 7 heteroatoms. The molecule has 0 bridgehead atoms. The zero-order chi connectivity index (χ0) is 23.6. The number of nitrogens with zero attached hydrogens (tertiary/aromatic N) is 3. The second-order valence-corrected chi connectivity index (χ2v) is 10.8. The average molecular weight is 466 g/mol. The van der Waals surface area contributed by atoms with Crippen LogP contribution >= 0.6 is 0 Å². The van der Waals surface area contributed by atoms with E-state index in [1.54, 1.807) is 4.31 Å². The lowest BCUT2D eigenvalue weighted by atomic mass is 10.1. The highest BCUT2D eigenvalue weighted by molar-refractivity contribution is 7.88. The van der Waals surface area contributed by atoms with E-state index in [0.29, 0.717) is 32.7 Å². The van der Waals surface area contributed by atoms with Crippen LogP contribution in [0.3, 0.4) is 0 Å². The largest absolute Gasteiger partial charge is 0.318 e. The van der Waals surface area contributed by atoms with Crippen LogP contribution in [0.1, 0.15) is 32.9 Å². The fourth-order valence-corrected chi connectivity index (χ4v) is 6.08. The molecule has 3 aromatic rings. The molecule has 0 radical (unpaired) electrons. The molecule has 0 aliphatic carbocycles. The van der Waals surface area contributed by atoms with Crippen LogP contribution in [-0.4, -0.2) is 60.7 Å². The van der Waals surface area contributed by atoms with Crippen LogP contribution in [-0.2, 0) is 15.8 Å². The van der Waals surface area contributed by atoms with E-state index in [9.17, 15) is 13.2 Å². The van der Waals surface area contributed by atoms with Crippen molar-refractivity contribution >= 4 is 15.8 Å². The molecular weight excluding hydrogens is 434 g/mol. The van der Waals surface area contributed by atoms with Gasteiger partial charge in [-0.05, 0) is 44.5 Å². The van der Waals surface area contributed by atoms with Crippen molar-refractivity contribution in [1.82, 2.24) is 13.8 Å². The molecule has 0 atom stereocenters. The van der Waals surface area contributed by atoms with E-state index in [-0.39, 0.29) is 11.5 Å². The number of aryl methyl sites for hydroxylation is 2. The third kappa shape index (κ3) is 5.27. The number of rotatable bonds is 7. The van der Waals surface area contributed by atoms with Crippen molar-refractivity contribution in [3.05, 3.63) is 88.7 Å². The van der Waals surface area contributed by atoms with E-state index in [0.717, 1.165) is 33.8 Å². The monoisotopic (exact) mass is 465 g/mol. The van der Waals surface area contributed by atoms with Gasteiger partial charge in [-0.3, -0.25) is 9.69 Å². The highest BCUT2D eigenvalue weighted by Gasteiger charge is 2.28. The number of carbonyl (C=O) groups excluding carboxylic acids is 1. The first-order chi connectivity index (χ1) is 15.7. The Morgan fingerprint density at radius 2 is 1.58 bits per heavy atom. The maximum atomic E-state index is 13.1. The zero-order valence-electron chi connectivity index (χ0n) is 19.5. The van der Waals surface area contributed by atoms with Crippen LogP contribution in [0.4, 0.5) is 0 Å². The summed E-state index contributed by atoms with van der Waals surface area (Å²) in [5.41, 5.74) is 5.58. The summed E-state index contributed by atoms with van der Waals surface area (Å²) in [6, 6.07) is 19.6.